The Morgan fingerprint density at radius 1 is 1.24 bits per heavy atom. The maximum atomic E-state index is 4.67. The van der Waals surface area contributed by atoms with E-state index in [4.69, 9.17) is 0 Å². The number of piperidine rings is 1. The summed E-state index contributed by atoms with van der Waals surface area (Å²) in [4.78, 5) is 11.3. The lowest BCUT2D eigenvalue weighted by atomic mass is 10.0. The predicted octanol–water partition coefficient (Wildman–Crippen LogP) is 1.20. The Bertz CT molecular complexity index is 238. The van der Waals surface area contributed by atoms with Gasteiger partial charge in [0.05, 0.1) is 6.54 Å². The van der Waals surface area contributed by atoms with Crippen LogP contribution in [0.3, 0.4) is 0 Å². The Hall–Kier alpha value is -0.770. The first-order chi connectivity index (χ1) is 8.00. The van der Waals surface area contributed by atoms with E-state index in [1.165, 1.54) is 25.9 Å². The van der Waals surface area contributed by atoms with E-state index >= 15 is 0 Å². The first-order valence-electron chi connectivity index (χ1n) is 6.62. The Kier molecular flexibility index (Phi) is 5.75. The Labute approximate surface area is 106 Å². The third kappa shape index (κ3) is 4.94. The fraction of sp³-hybridized carbons (Fsp3) is 0.923. The maximum Gasteiger partial charge on any atom is 0.195 e. The van der Waals surface area contributed by atoms with Crippen LogP contribution >= 0.6 is 0 Å². The van der Waals surface area contributed by atoms with Gasteiger partial charge in [0.2, 0.25) is 0 Å². The van der Waals surface area contributed by atoms with Crippen molar-refractivity contribution in [3.8, 4) is 0 Å². The second-order valence-electron chi connectivity index (χ2n) is 5.52. The molecule has 1 aliphatic rings. The topological polar surface area (TPSA) is 22.1 Å². The molecule has 1 fully saturated rings. The average molecular weight is 240 g/mol. The summed E-state index contributed by atoms with van der Waals surface area (Å²) in [5.74, 6) is 1.91. The van der Waals surface area contributed by atoms with Crippen molar-refractivity contribution in [2.75, 3.05) is 54.4 Å². The summed E-state index contributed by atoms with van der Waals surface area (Å²) in [5.41, 5.74) is 0. The summed E-state index contributed by atoms with van der Waals surface area (Å²) >= 11 is 0. The van der Waals surface area contributed by atoms with Gasteiger partial charge in [0.1, 0.15) is 0 Å². The molecule has 0 spiro atoms. The van der Waals surface area contributed by atoms with Crippen LogP contribution < -0.4 is 0 Å². The summed E-state index contributed by atoms with van der Waals surface area (Å²) in [7, 11) is 8.17. The van der Waals surface area contributed by atoms with E-state index in [9.17, 15) is 0 Å². The van der Waals surface area contributed by atoms with Gasteiger partial charge in [-0.1, -0.05) is 6.92 Å². The van der Waals surface area contributed by atoms with Gasteiger partial charge in [-0.05, 0) is 25.3 Å². The molecule has 4 nitrogen and oxygen atoms in total. The minimum Gasteiger partial charge on any atom is -0.349 e. The first kappa shape index (κ1) is 14.3. The van der Waals surface area contributed by atoms with Crippen LogP contribution in [-0.4, -0.2) is 75.0 Å². The summed E-state index contributed by atoms with van der Waals surface area (Å²) in [6, 6.07) is 0. The molecule has 1 unspecified atom stereocenters. The van der Waals surface area contributed by atoms with Crippen molar-refractivity contribution in [1.82, 2.24) is 14.7 Å². The van der Waals surface area contributed by atoms with Crippen LogP contribution in [0.25, 0.3) is 0 Å². The van der Waals surface area contributed by atoms with Crippen molar-refractivity contribution < 1.29 is 0 Å². The van der Waals surface area contributed by atoms with Gasteiger partial charge < -0.3 is 14.7 Å². The van der Waals surface area contributed by atoms with Crippen molar-refractivity contribution in [3.05, 3.63) is 0 Å². The van der Waals surface area contributed by atoms with Crippen molar-refractivity contribution in [3.63, 3.8) is 0 Å². The number of rotatable bonds is 3. The zero-order valence-corrected chi connectivity index (χ0v) is 12.1. The molecule has 0 aromatic heterocycles. The molecule has 100 valence electrons. The number of aliphatic imine (C=N–C) groups is 1. The van der Waals surface area contributed by atoms with Crippen LogP contribution in [0.4, 0.5) is 0 Å². The average Bonchev–Trinajstić information content (AvgIpc) is 2.23. The van der Waals surface area contributed by atoms with E-state index in [-0.39, 0.29) is 0 Å². The van der Waals surface area contributed by atoms with Gasteiger partial charge >= 0.3 is 0 Å². The highest BCUT2D eigenvalue weighted by Crippen LogP contribution is 2.14. The number of guanidine groups is 1. The summed E-state index contributed by atoms with van der Waals surface area (Å²) in [6.07, 6.45) is 2.74. The second kappa shape index (κ2) is 6.84. The Balaban J connectivity index is 2.36. The monoisotopic (exact) mass is 240 g/mol. The predicted molar refractivity (Wildman–Crippen MR) is 74.5 cm³/mol. The molecule has 1 heterocycles. The van der Waals surface area contributed by atoms with Crippen molar-refractivity contribution in [2.24, 2.45) is 10.9 Å². The molecule has 4 heteroatoms. The van der Waals surface area contributed by atoms with Gasteiger partial charge in [0.15, 0.2) is 5.96 Å². The van der Waals surface area contributed by atoms with Crippen LogP contribution in [0.2, 0.25) is 0 Å². The van der Waals surface area contributed by atoms with Gasteiger partial charge in [-0.15, -0.1) is 0 Å². The van der Waals surface area contributed by atoms with E-state index in [1.54, 1.807) is 0 Å². The fourth-order valence-electron chi connectivity index (χ4n) is 2.46. The third-order valence-electron chi connectivity index (χ3n) is 3.21. The van der Waals surface area contributed by atoms with E-state index < -0.39 is 0 Å². The lowest BCUT2D eigenvalue weighted by Gasteiger charge is -2.30. The lowest BCUT2D eigenvalue weighted by Crippen LogP contribution is -2.38. The normalized spacial score (nSPS) is 21.1. The summed E-state index contributed by atoms with van der Waals surface area (Å²) in [6.45, 7) is 6.84. The minimum atomic E-state index is 0.856. The highest BCUT2D eigenvalue weighted by atomic mass is 15.3. The number of hydrogen-bond donors (Lipinski definition) is 0. The molecular formula is C13H28N4. The van der Waals surface area contributed by atoms with Crippen LogP contribution in [0, 0.1) is 5.92 Å². The molecule has 1 rings (SSSR count). The quantitative estimate of drug-likeness (QED) is 0.547. The van der Waals surface area contributed by atoms with Crippen LogP contribution in [0.15, 0.2) is 4.99 Å². The largest absolute Gasteiger partial charge is 0.349 e. The zero-order chi connectivity index (χ0) is 12.8. The van der Waals surface area contributed by atoms with Gasteiger partial charge in [0, 0.05) is 41.3 Å². The first-order valence-corrected chi connectivity index (χ1v) is 6.62. The molecule has 0 amide bonds. The second-order valence-corrected chi connectivity index (χ2v) is 5.52. The molecule has 1 atom stereocenters. The maximum absolute atomic E-state index is 4.67. The van der Waals surface area contributed by atoms with Crippen LogP contribution in [-0.2, 0) is 0 Å². The SMILES string of the molecule is CC1CCCN(CCN=C(N(C)C)N(C)C)C1. The van der Waals surface area contributed by atoms with Crippen molar-refractivity contribution >= 4 is 5.96 Å². The molecule has 0 aliphatic carbocycles. The smallest absolute Gasteiger partial charge is 0.195 e. The standard InChI is InChI=1S/C13H28N4/c1-12-7-6-9-17(11-12)10-8-14-13(15(2)3)16(4)5/h12H,6-11H2,1-5H3. The molecule has 17 heavy (non-hydrogen) atoms. The van der Waals surface area contributed by atoms with Crippen LogP contribution in [0.5, 0.6) is 0 Å². The van der Waals surface area contributed by atoms with Crippen LogP contribution in [0.1, 0.15) is 19.8 Å². The Morgan fingerprint density at radius 2 is 1.88 bits per heavy atom. The van der Waals surface area contributed by atoms with E-state index in [0.717, 1.165) is 25.0 Å². The summed E-state index contributed by atoms with van der Waals surface area (Å²) in [5, 5.41) is 0. The van der Waals surface area contributed by atoms with Gasteiger partial charge in [-0.25, -0.2) is 0 Å². The van der Waals surface area contributed by atoms with Crippen molar-refractivity contribution in [1.29, 1.82) is 0 Å². The van der Waals surface area contributed by atoms with E-state index in [2.05, 4.69) is 26.6 Å². The molecular weight excluding hydrogens is 212 g/mol. The molecule has 0 aromatic rings. The highest BCUT2D eigenvalue weighted by Gasteiger charge is 2.15. The Morgan fingerprint density at radius 3 is 2.41 bits per heavy atom. The zero-order valence-electron chi connectivity index (χ0n) is 12.1. The molecule has 0 N–H and O–H groups in total. The number of hydrogen-bond acceptors (Lipinski definition) is 2. The van der Waals surface area contributed by atoms with Gasteiger partial charge in [-0.3, -0.25) is 4.99 Å². The number of likely N-dealkylation sites (tertiary alicyclic amines) is 1. The molecule has 0 radical (unpaired) electrons. The van der Waals surface area contributed by atoms with Crippen molar-refractivity contribution in [2.45, 2.75) is 19.8 Å². The van der Waals surface area contributed by atoms with Gasteiger partial charge in [-0.2, -0.15) is 0 Å². The van der Waals surface area contributed by atoms with E-state index in [0.29, 0.717) is 0 Å². The molecule has 1 saturated heterocycles. The lowest BCUT2D eigenvalue weighted by molar-refractivity contribution is 0.188. The van der Waals surface area contributed by atoms with Gasteiger partial charge in [0.25, 0.3) is 0 Å². The number of nitrogens with zero attached hydrogens (tertiary/aromatic N) is 4. The molecule has 0 bridgehead atoms. The molecule has 1 aliphatic heterocycles. The highest BCUT2D eigenvalue weighted by molar-refractivity contribution is 5.79. The fourth-order valence-corrected chi connectivity index (χ4v) is 2.46. The summed E-state index contributed by atoms with van der Waals surface area (Å²) < 4.78 is 0. The minimum absolute atomic E-state index is 0.856. The third-order valence-corrected chi connectivity index (χ3v) is 3.21. The molecule has 0 saturated carbocycles. The molecule has 0 aromatic carbocycles. The van der Waals surface area contributed by atoms with E-state index in [1.807, 2.05) is 28.2 Å².